The Morgan fingerprint density at radius 2 is 1.94 bits per heavy atom. The number of nitrogens with one attached hydrogen (secondary N) is 1. The fraction of sp³-hybridized carbons (Fsp3) is 0.357. The lowest BCUT2D eigenvalue weighted by Crippen LogP contribution is -2.35. The van der Waals surface area contributed by atoms with Gasteiger partial charge in [0, 0.05) is 11.6 Å². The molecule has 2 unspecified atom stereocenters. The second kappa shape index (κ2) is 4.62. The van der Waals surface area contributed by atoms with Crippen LogP contribution in [0.3, 0.4) is 0 Å². The van der Waals surface area contributed by atoms with Crippen LogP contribution >= 0.6 is 0 Å². The molecule has 0 saturated carbocycles. The fourth-order valence-electron chi connectivity index (χ4n) is 2.28. The zero-order valence-corrected chi connectivity index (χ0v) is 9.67. The first-order valence-corrected chi connectivity index (χ1v) is 6.09. The molecule has 0 bridgehead atoms. The first-order chi connectivity index (χ1) is 8.42. The molecule has 1 aromatic carbocycles. The largest absolute Gasteiger partial charge is 0.465 e. The molecular weight excluding hydrogens is 212 g/mol. The molecule has 17 heavy (non-hydrogen) atoms. The lowest BCUT2D eigenvalue weighted by atomic mass is 9.90. The van der Waals surface area contributed by atoms with E-state index in [2.05, 4.69) is 22.5 Å². The molecule has 0 saturated heterocycles. The molecule has 0 radical (unpaired) electrons. The summed E-state index contributed by atoms with van der Waals surface area (Å²) in [5.74, 6) is 0.557. The highest BCUT2D eigenvalue weighted by Crippen LogP contribution is 2.26. The highest BCUT2D eigenvalue weighted by molar-refractivity contribution is 5.89. The summed E-state index contributed by atoms with van der Waals surface area (Å²) < 4.78 is 5.66. The van der Waals surface area contributed by atoms with E-state index < -0.39 is 0 Å². The molecule has 88 valence electrons. The minimum Gasteiger partial charge on any atom is -0.465 e. The molecule has 1 aliphatic heterocycles. The number of allylic oxidation sites excluding steroid dienone is 1. The van der Waals surface area contributed by atoms with Gasteiger partial charge in [-0.15, -0.1) is 0 Å². The van der Waals surface area contributed by atoms with Crippen LogP contribution in [0.4, 0.5) is 5.69 Å². The number of aliphatic imine (C=N–C) groups is 1. The van der Waals surface area contributed by atoms with Crippen LogP contribution in [0.5, 0.6) is 0 Å². The van der Waals surface area contributed by atoms with Crippen LogP contribution < -0.4 is 5.32 Å². The van der Waals surface area contributed by atoms with Crippen molar-refractivity contribution in [3.63, 3.8) is 0 Å². The van der Waals surface area contributed by atoms with Gasteiger partial charge in [-0.25, -0.2) is 4.99 Å². The maximum atomic E-state index is 5.66. The summed E-state index contributed by atoms with van der Waals surface area (Å²) in [6, 6.07) is 11.1. The van der Waals surface area contributed by atoms with E-state index in [9.17, 15) is 0 Å². The number of ether oxygens (including phenoxy) is 1. The summed E-state index contributed by atoms with van der Waals surface area (Å²) in [4.78, 5) is 4.63. The normalized spacial score (nSPS) is 26.7. The van der Waals surface area contributed by atoms with E-state index in [4.69, 9.17) is 4.74 Å². The summed E-state index contributed by atoms with van der Waals surface area (Å²) in [5.41, 5.74) is 1.02. The third-order valence-electron chi connectivity index (χ3n) is 3.27. The van der Waals surface area contributed by atoms with Gasteiger partial charge in [0.05, 0.1) is 12.6 Å². The fourth-order valence-corrected chi connectivity index (χ4v) is 2.28. The molecule has 1 heterocycles. The molecule has 2 atom stereocenters. The van der Waals surface area contributed by atoms with Gasteiger partial charge in [-0.2, -0.15) is 0 Å². The van der Waals surface area contributed by atoms with Crippen LogP contribution in [0.2, 0.25) is 0 Å². The van der Waals surface area contributed by atoms with Crippen LogP contribution in [0.15, 0.2) is 47.5 Å². The van der Waals surface area contributed by atoms with Gasteiger partial charge in [-0.05, 0) is 25.0 Å². The van der Waals surface area contributed by atoms with Crippen molar-refractivity contribution >= 4 is 11.7 Å². The Hall–Kier alpha value is -1.77. The van der Waals surface area contributed by atoms with Crippen molar-refractivity contribution in [3.8, 4) is 0 Å². The Morgan fingerprint density at radius 1 is 1.12 bits per heavy atom. The number of hydrogen-bond donors (Lipinski definition) is 1. The number of para-hydroxylation sites is 1. The Labute approximate surface area is 101 Å². The summed E-state index contributed by atoms with van der Waals surface area (Å²) >= 11 is 0. The Bertz CT molecular complexity index is 439. The minimum absolute atomic E-state index is 0.389. The Morgan fingerprint density at radius 3 is 2.82 bits per heavy atom. The lowest BCUT2D eigenvalue weighted by Gasteiger charge is -2.30. The maximum Gasteiger partial charge on any atom is 0.289 e. The summed E-state index contributed by atoms with van der Waals surface area (Å²) in [5, 5.41) is 3.22. The van der Waals surface area contributed by atoms with E-state index >= 15 is 0 Å². The van der Waals surface area contributed by atoms with Crippen molar-refractivity contribution < 1.29 is 4.74 Å². The average Bonchev–Trinajstić information content (AvgIpc) is 2.40. The highest BCUT2D eigenvalue weighted by Gasteiger charge is 2.27. The van der Waals surface area contributed by atoms with E-state index in [1.54, 1.807) is 0 Å². The summed E-state index contributed by atoms with van der Waals surface area (Å²) in [6.07, 6.45) is 6.58. The van der Waals surface area contributed by atoms with E-state index in [1.807, 2.05) is 30.3 Å². The molecule has 3 rings (SSSR count). The van der Waals surface area contributed by atoms with Crippen molar-refractivity contribution in [2.24, 2.45) is 10.9 Å². The standard InChI is InChI=1S/C14H16N2O/c1-2-7-12(8-3-1)15-14-16-13-9-5-4-6-11(13)10-17-14/h1-5,7-8,11,13H,6,9-10H2,(H,15,16). The van der Waals surface area contributed by atoms with E-state index in [1.165, 1.54) is 0 Å². The quantitative estimate of drug-likeness (QED) is 0.750. The number of anilines is 1. The smallest absolute Gasteiger partial charge is 0.289 e. The first kappa shape index (κ1) is 10.4. The SMILES string of the molecule is C1=CCC2N=C(Nc3ccccc3)OCC2C1. The number of fused-ring (bicyclic) bond motifs is 1. The average molecular weight is 228 g/mol. The van der Waals surface area contributed by atoms with Crippen LogP contribution in [0.25, 0.3) is 0 Å². The highest BCUT2D eigenvalue weighted by atomic mass is 16.5. The molecule has 2 aliphatic rings. The number of rotatable bonds is 1. The number of amidine groups is 1. The van der Waals surface area contributed by atoms with Gasteiger partial charge >= 0.3 is 0 Å². The monoisotopic (exact) mass is 228 g/mol. The Balaban J connectivity index is 1.72. The molecule has 3 nitrogen and oxygen atoms in total. The van der Waals surface area contributed by atoms with Crippen LogP contribution in [0.1, 0.15) is 12.8 Å². The lowest BCUT2D eigenvalue weighted by molar-refractivity contribution is 0.185. The van der Waals surface area contributed by atoms with Gasteiger partial charge in [-0.1, -0.05) is 30.4 Å². The van der Waals surface area contributed by atoms with E-state index in [-0.39, 0.29) is 0 Å². The van der Waals surface area contributed by atoms with Crippen molar-refractivity contribution in [3.05, 3.63) is 42.5 Å². The van der Waals surface area contributed by atoms with Crippen molar-refractivity contribution in [2.45, 2.75) is 18.9 Å². The number of hydrogen-bond acceptors (Lipinski definition) is 3. The molecular formula is C14H16N2O. The molecule has 0 fully saturated rings. The topological polar surface area (TPSA) is 33.6 Å². The molecule has 1 aliphatic carbocycles. The molecule has 0 amide bonds. The van der Waals surface area contributed by atoms with Crippen LogP contribution in [0, 0.1) is 5.92 Å². The predicted octanol–water partition coefficient (Wildman–Crippen LogP) is 2.82. The van der Waals surface area contributed by atoms with E-state index in [0.29, 0.717) is 18.0 Å². The molecule has 3 heteroatoms. The zero-order valence-electron chi connectivity index (χ0n) is 9.67. The van der Waals surface area contributed by atoms with Gasteiger partial charge in [0.2, 0.25) is 0 Å². The third kappa shape index (κ3) is 2.33. The van der Waals surface area contributed by atoms with Gasteiger partial charge < -0.3 is 10.1 Å². The molecule has 1 aromatic rings. The van der Waals surface area contributed by atoms with Crippen LogP contribution in [-0.4, -0.2) is 18.7 Å². The van der Waals surface area contributed by atoms with Gasteiger partial charge in [0.25, 0.3) is 6.02 Å². The molecule has 1 N–H and O–H groups in total. The van der Waals surface area contributed by atoms with E-state index in [0.717, 1.165) is 25.1 Å². The predicted molar refractivity (Wildman–Crippen MR) is 69.1 cm³/mol. The van der Waals surface area contributed by atoms with Crippen molar-refractivity contribution in [1.29, 1.82) is 0 Å². The minimum atomic E-state index is 0.389. The van der Waals surface area contributed by atoms with Crippen molar-refractivity contribution in [1.82, 2.24) is 0 Å². The second-order valence-corrected chi connectivity index (χ2v) is 4.51. The third-order valence-corrected chi connectivity index (χ3v) is 3.27. The first-order valence-electron chi connectivity index (χ1n) is 6.09. The summed E-state index contributed by atoms with van der Waals surface area (Å²) in [6.45, 7) is 0.772. The molecule has 0 aromatic heterocycles. The second-order valence-electron chi connectivity index (χ2n) is 4.51. The Kier molecular flexibility index (Phi) is 2.82. The van der Waals surface area contributed by atoms with Crippen molar-refractivity contribution in [2.75, 3.05) is 11.9 Å². The van der Waals surface area contributed by atoms with Gasteiger partial charge in [0.15, 0.2) is 0 Å². The zero-order chi connectivity index (χ0) is 11.5. The number of nitrogens with zero attached hydrogens (tertiary/aromatic N) is 1. The summed E-state index contributed by atoms with van der Waals surface area (Å²) in [7, 11) is 0. The maximum absolute atomic E-state index is 5.66. The number of benzene rings is 1. The van der Waals surface area contributed by atoms with Gasteiger partial charge in [0.1, 0.15) is 0 Å². The van der Waals surface area contributed by atoms with Gasteiger partial charge in [-0.3, -0.25) is 0 Å². The molecule has 0 spiro atoms. The van der Waals surface area contributed by atoms with Crippen LogP contribution in [-0.2, 0) is 4.74 Å².